The summed E-state index contributed by atoms with van der Waals surface area (Å²) in [6.45, 7) is 15.5. The van der Waals surface area contributed by atoms with Crippen LogP contribution in [0.2, 0.25) is 51.4 Å². The molecule has 0 spiro atoms. The van der Waals surface area contributed by atoms with Crippen LogP contribution in [-0.2, 0) is 18.6 Å². The molecule has 4 rings (SSSR count). The van der Waals surface area contributed by atoms with Crippen LogP contribution in [-0.4, -0.2) is 48.9 Å². The molecule has 0 radical (unpaired) electrons. The number of carbonyl (C=O) groups excluding carboxylic acids is 1. The quantitative estimate of drug-likeness (QED) is 0.0631. The molecule has 206 valence electrons. The first kappa shape index (κ1) is 28.9. The topological polar surface area (TPSA) is 72.5 Å². The van der Waals surface area contributed by atoms with Gasteiger partial charge in [0.1, 0.15) is 23.0 Å². The molecular formula is C28H37BrO7Si2. The summed E-state index contributed by atoms with van der Waals surface area (Å²) in [6, 6.07) is 12.9. The maximum Gasteiger partial charge on any atom is 0.337 e. The van der Waals surface area contributed by atoms with Crippen LogP contribution < -0.4 is 18.9 Å². The van der Waals surface area contributed by atoms with Crippen LogP contribution in [0.4, 0.5) is 0 Å². The largest absolute Gasteiger partial charge is 0.467 e. The van der Waals surface area contributed by atoms with Crippen molar-refractivity contribution in [3.8, 4) is 23.0 Å². The van der Waals surface area contributed by atoms with Crippen molar-refractivity contribution in [3.05, 3.63) is 53.8 Å². The van der Waals surface area contributed by atoms with Gasteiger partial charge in [-0.2, -0.15) is 0 Å². The van der Waals surface area contributed by atoms with E-state index in [0.29, 0.717) is 47.3 Å². The van der Waals surface area contributed by atoms with Crippen LogP contribution in [0.3, 0.4) is 0 Å². The molecule has 2 aliphatic rings. The molecule has 0 amide bonds. The molecule has 1 unspecified atom stereocenters. The molecule has 1 atom stereocenters. The fourth-order valence-corrected chi connectivity index (χ4v) is 6.18. The SMILES string of the molecule is C[Si](C)(C)CCOCOc1ccc2c(c1)OC(=O)C1(Br)C2=COc2cc(OCOCC[Si](C)(C)C)ccc21. The van der Waals surface area contributed by atoms with E-state index in [4.69, 9.17) is 28.4 Å². The molecule has 0 bridgehead atoms. The highest BCUT2D eigenvalue weighted by Crippen LogP contribution is 2.56. The number of benzene rings is 2. The maximum absolute atomic E-state index is 13.3. The highest BCUT2D eigenvalue weighted by Gasteiger charge is 2.52. The van der Waals surface area contributed by atoms with E-state index in [1.165, 1.54) is 0 Å². The molecule has 0 fully saturated rings. The monoisotopic (exact) mass is 620 g/mol. The Morgan fingerprint density at radius 1 is 0.816 bits per heavy atom. The van der Waals surface area contributed by atoms with Gasteiger partial charge in [0.15, 0.2) is 17.9 Å². The molecule has 7 nitrogen and oxygen atoms in total. The van der Waals surface area contributed by atoms with Crippen LogP contribution in [0.1, 0.15) is 11.1 Å². The summed E-state index contributed by atoms with van der Waals surface area (Å²) in [4.78, 5) is 13.3. The minimum atomic E-state index is -1.19. The van der Waals surface area contributed by atoms with Crippen molar-refractivity contribution in [1.29, 1.82) is 0 Å². The average molecular weight is 622 g/mol. The van der Waals surface area contributed by atoms with E-state index >= 15 is 0 Å². The van der Waals surface area contributed by atoms with Crippen molar-refractivity contribution in [3.63, 3.8) is 0 Å². The predicted molar refractivity (Wildman–Crippen MR) is 157 cm³/mol. The summed E-state index contributed by atoms with van der Waals surface area (Å²) in [5.74, 6) is 1.65. The number of hydrogen-bond acceptors (Lipinski definition) is 7. The summed E-state index contributed by atoms with van der Waals surface area (Å²) in [5.41, 5.74) is 2.06. The maximum atomic E-state index is 13.3. The fourth-order valence-electron chi connectivity index (χ4n) is 3.96. The Balaban J connectivity index is 1.42. The number of fused-ring (bicyclic) bond motifs is 5. The fraction of sp³-hybridized carbons (Fsp3) is 0.464. The zero-order chi connectivity index (χ0) is 27.6. The lowest BCUT2D eigenvalue weighted by Gasteiger charge is -2.37. The minimum Gasteiger partial charge on any atom is -0.467 e. The van der Waals surface area contributed by atoms with Crippen molar-refractivity contribution in [2.75, 3.05) is 26.8 Å². The number of carbonyl (C=O) groups is 1. The molecule has 2 aliphatic heterocycles. The zero-order valence-corrected chi connectivity index (χ0v) is 26.6. The molecular weight excluding hydrogens is 584 g/mol. The zero-order valence-electron chi connectivity index (χ0n) is 23.0. The lowest BCUT2D eigenvalue weighted by molar-refractivity contribution is -0.136. The van der Waals surface area contributed by atoms with E-state index in [1.54, 1.807) is 24.5 Å². The van der Waals surface area contributed by atoms with Crippen molar-refractivity contribution in [2.24, 2.45) is 0 Å². The van der Waals surface area contributed by atoms with Crippen molar-refractivity contribution in [1.82, 2.24) is 0 Å². The molecule has 0 aliphatic carbocycles. The molecule has 0 aromatic heterocycles. The second-order valence-electron chi connectivity index (χ2n) is 12.0. The summed E-state index contributed by atoms with van der Waals surface area (Å²) < 4.78 is 33.3. The Bertz CT molecular complexity index is 1200. The van der Waals surface area contributed by atoms with Gasteiger partial charge >= 0.3 is 5.97 Å². The van der Waals surface area contributed by atoms with Crippen molar-refractivity contribution >= 4 is 43.6 Å². The summed E-state index contributed by atoms with van der Waals surface area (Å²) >= 11 is 3.68. The third-order valence-corrected chi connectivity index (χ3v) is 10.9. The van der Waals surface area contributed by atoms with Crippen LogP contribution in [0.15, 0.2) is 42.7 Å². The van der Waals surface area contributed by atoms with E-state index in [9.17, 15) is 4.79 Å². The van der Waals surface area contributed by atoms with Crippen molar-refractivity contribution < 1.29 is 33.2 Å². The first-order valence-corrected chi connectivity index (χ1v) is 21.1. The van der Waals surface area contributed by atoms with E-state index < -0.39 is 26.4 Å². The lowest BCUT2D eigenvalue weighted by Crippen LogP contribution is -2.40. The first-order valence-electron chi connectivity index (χ1n) is 12.9. The number of ether oxygens (including phenoxy) is 6. The van der Waals surface area contributed by atoms with Gasteiger partial charge in [0.05, 0.1) is 6.26 Å². The lowest BCUT2D eigenvalue weighted by atomic mass is 9.83. The van der Waals surface area contributed by atoms with E-state index in [-0.39, 0.29) is 13.6 Å². The smallest absolute Gasteiger partial charge is 0.337 e. The Morgan fingerprint density at radius 2 is 1.37 bits per heavy atom. The number of rotatable bonds is 12. The number of esters is 1. The summed E-state index contributed by atoms with van der Waals surface area (Å²) in [7, 11) is -2.30. The van der Waals surface area contributed by atoms with Crippen molar-refractivity contribution in [2.45, 2.75) is 55.7 Å². The van der Waals surface area contributed by atoms with Crippen LogP contribution >= 0.6 is 15.9 Å². The minimum absolute atomic E-state index is 0.145. The van der Waals surface area contributed by atoms with Gasteiger partial charge < -0.3 is 28.4 Å². The first-order chi connectivity index (χ1) is 17.9. The van der Waals surface area contributed by atoms with Gasteiger partial charge in [-0.3, -0.25) is 0 Å². The van der Waals surface area contributed by atoms with Crippen LogP contribution in [0.5, 0.6) is 23.0 Å². The van der Waals surface area contributed by atoms with E-state index in [1.807, 2.05) is 18.2 Å². The highest BCUT2D eigenvalue weighted by molar-refractivity contribution is 9.10. The molecule has 2 aromatic carbocycles. The Labute approximate surface area is 235 Å². The van der Waals surface area contributed by atoms with E-state index in [0.717, 1.165) is 17.7 Å². The molecule has 0 saturated heterocycles. The molecule has 10 heteroatoms. The van der Waals surface area contributed by atoms with Gasteiger partial charge in [0.25, 0.3) is 0 Å². The van der Waals surface area contributed by atoms with Gasteiger partial charge in [-0.15, -0.1) is 0 Å². The van der Waals surface area contributed by atoms with Gasteiger partial charge in [-0.1, -0.05) is 55.2 Å². The van der Waals surface area contributed by atoms with Crippen LogP contribution in [0.25, 0.3) is 5.57 Å². The molecule has 0 saturated carbocycles. The Kier molecular flexibility index (Phi) is 8.78. The predicted octanol–water partition coefficient (Wildman–Crippen LogP) is 7.01. The van der Waals surface area contributed by atoms with Gasteiger partial charge in [-0.25, -0.2) is 4.79 Å². The second-order valence-corrected chi connectivity index (χ2v) is 24.4. The number of halogens is 1. The number of hydrogen-bond donors (Lipinski definition) is 0. The third kappa shape index (κ3) is 6.90. The standard InChI is InChI=1S/C28H37BrO7Si2/c1-37(2,3)13-11-31-18-34-20-7-9-22-24-17-33-26-16-21(35-19-32-12-14-38(4,5)6)8-10-23(26)28(24,29)27(30)36-25(22)15-20/h7-10,15-17H,11-14,18-19H2,1-6H3. The highest BCUT2D eigenvalue weighted by atomic mass is 79.9. The molecule has 0 N–H and O–H groups in total. The molecule has 38 heavy (non-hydrogen) atoms. The summed E-state index contributed by atoms with van der Waals surface area (Å²) in [5, 5.41) is 0. The average Bonchev–Trinajstić information content (AvgIpc) is 2.82. The number of alkyl halides is 1. The Hall–Kier alpha value is -2.12. The van der Waals surface area contributed by atoms with Crippen LogP contribution in [0, 0.1) is 0 Å². The Morgan fingerprint density at radius 3 is 1.95 bits per heavy atom. The van der Waals surface area contributed by atoms with Gasteiger partial charge in [0.2, 0.25) is 0 Å². The summed E-state index contributed by atoms with van der Waals surface area (Å²) in [6.07, 6.45) is 1.59. The normalized spacial score (nSPS) is 18.4. The molecule has 2 heterocycles. The second kappa shape index (κ2) is 11.6. The van der Waals surface area contributed by atoms with Gasteiger partial charge in [0, 0.05) is 58.2 Å². The van der Waals surface area contributed by atoms with E-state index in [2.05, 4.69) is 55.2 Å². The third-order valence-electron chi connectivity index (χ3n) is 6.34. The molecule has 2 aromatic rings. The van der Waals surface area contributed by atoms with Gasteiger partial charge in [-0.05, 0) is 36.4 Å².